The molecule has 0 saturated carbocycles. The Morgan fingerprint density at radius 2 is 1.89 bits per heavy atom. The maximum Gasteiger partial charge on any atom is 0.123 e. The Labute approximate surface area is 116 Å². The van der Waals surface area contributed by atoms with Crippen LogP contribution in [0.3, 0.4) is 0 Å². The molecule has 18 heavy (non-hydrogen) atoms. The van der Waals surface area contributed by atoms with Crippen molar-refractivity contribution in [3.63, 3.8) is 0 Å². The van der Waals surface area contributed by atoms with Crippen molar-refractivity contribution in [2.75, 3.05) is 0 Å². The van der Waals surface area contributed by atoms with Crippen LogP contribution in [0, 0.1) is 19.7 Å². The molecule has 2 aromatic carbocycles. The summed E-state index contributed by atoms with van der Waals surface area (Å²) in [4.78, 5) is 0.147. The molecule has 1 atom stereocenters. The molecule has 0 saturated heterocycles. The number of aryl methyl sites for hydroxylation is 2. The summed E-state index contributed by atoms with van der Waals surface area (Å²) >= 11 is 3.65. The number of hydrogen-bond donors (Lipinski definition) is 0. The minimum absolute atomic E-state index is 0.147. The lowest BCUT2D eigenvalue weighted by molar-refractivity contribution is 0.625. The third-order valence-electron chi connectivity index (χ3n) is 3.11. The largest absolute Gasteiger partial charge is 0.207 e. The van der Waals surface area contributed by atoms with E-state index in [1.807, 2.05) is 6.07 Å². The van der Waals surface area contributed by atoms with E-state index in [0.29, 0.717) is 0 Å². The Kier molecular flexibility index (Phi) is 4.18. The fourth-order valence-electron chi connectivity index (χ4n) is 2.03. The van der Waals surface area contributed by atoms with Crippen molar-refractivity contribution in [1.29, 1.82) is 0 Å². The molecule has 2 rings (SSSR count). The van der Waals surface area contributed by atoms with Crippen LogP contribution in [0.25, 0.3) is 0 Å². The first-order valence-corrected chi connectivity index (χ1v) is 6.93. The molecule has 0 spiro atoms. The highest BCUT2D eigenvalue weighted by atomic mass is 79.9. The number of hydrogen-bond acceptors (Lipinski definition) is 0. The molecule has 2 aromatic rings. The van der Waals surface area contributed by atoms with E-state index < -0.39 is 0 Å². The molecule has 0 fully saturated rings. The van der Waals surface area contributed by atoms with Crippen LogP contribution >= 0.6 is 15.9 Å². The molecule has 0 aliphatic heterocycles. The SMILES string of the molecule is Cc1ccc(C)c(CC(Br)c2cccc(F)c2)c1. The predicted octanol–water partition coefficient (Wildman–Crippen LogP) is 5.12. The average molecular weight is 307 g/mol. The highest BCUT2D eigenvalue weighted by Gasteiger charge is 2.10. The molecular weight excluding hydrogens is 291 g/mol. The van der Waals surface area contributed by atoms with Crippen molar-refractivity contribution in [3.8, 4) is 0 Å². The summed E-state index contributed by atoms with van der Waals surface area (Å²) in [5, 5.41) is 0. The van der Waals surface area contributed by atoms with Crippen molar-refractivity contribution in [3.05, 3.63) is 70.5 Å². The summed E-state index contributed by atoms with van der Waals surface area (Å²) < 4.78 is 13.2. The second-order valence-corrected chi connectivity index (χ2v) is 5.76. The Morgan fingerprint density at radius 1 is 1.11 bits per heavy atom. The fourth-order valence-corrected chi connectivity index (χ4v) is 2.67. The maximum atomic E-state index is 13.2. The van der Waals surface area contributed by atoms with Gasteiger partial charge in [0.1, 0.15) is 5.82 Å². The van der Waals surface area contributed by atoms with E-state index in [4.69, 9.17) is 0 Å². The maximum absolute atomic E-state index is 13.2. The van der Waals surface area contributed by atoms with Gasteiger partial charge in [0.05, 0.1) is 0 Å². The van der Waals surface area contributed by atoms with Crippen molar-refractivity contribution >= 4 is 15.9 Å². The van der Waals surface area contributed by atoms with E-state index in [1.165, 1.54) is 22.8 Å². The highest BCUT2D eigenvalue weighted by Crippen LogP contribution is 2.28. The minimum Gasteiger partial charge on any atom is -0.207 e. The molecule has 0 heterocycles. The van der Waals surface area contributed by atoms with Gasteiger partial charge in [0.2, 0.25) is 0 Å². The number of alkyl halides is 1. The molecule has 0 bridgehead atoms. The van der Waals surface area contributed by atoms with E-state index in [9.17, 15) is 4.39 Å². The van der Waals surface area contributed by atoms with Crippen molar-refractivity contribution in [1.82, 2.24) is 0 Å². The molecule has 0 aromatic heterocycles. The first-order valence-electron chi connectivity index (χ1n) is 6.02. The quantitative estimate of drug-likeness (QED) is 0.690. The van der Waals surface area contributed by atoms with Gasteiger partial charge in [0, 0.05) is 4.83 Å². The number of rotatable bonds is 3. The van der Waals surface area contributed by atoms with Gasteiger partial charge < -0.3 is 0 Å². The van der Waals surface area contributed by atoms with Crippen LogP contribution in [0.15, 0.2) is 42.5 Å². The van der Waals surface area contributed by atoms with Crippen molar-refractivity contribution < 1.29 is 4.39 Å². The Balaban J connectivity index is 2.21. The van der Waals surface area contributed by atoms with E-state index in [2.05, 4.69) is 48.0 Å². The van der Waals surface area contributed by atoms with Crippen LogP contribution in [-0.2, 0) is 6.42 Å². The second kappa shape index (κ2) is 5.66. The molecule has 0 nitrogen and oxygen atoms in total. The smallest absolute Gasteiger partial charge is 0.123 e. The summed E-state index contributed by atoms with van der Waals surface area (Å²) in [6, 6.07) is 13.2. The summed E-state index contributed by atoms with van der Waals surface area (Å²) in [5.74, 6) is -0.182. The molecule has 0 amide bonds. The summed E-state index contributed by atoms with van der Waals surface area (Å²) in [6.07, 6.45) is 0.872. The van der Waals surface area contributed by atoms with Crippen molar-refractivity contribution in [2.45, 2.75) is 25.1 Å². The fraction of sp³-hybridized carbons (Fsp3) is 0.250. The standard InChI is InChI=1S/C16H16BrF/c1-11-6-7-12(2)14(8-11)10-16(17)13-4-3-5-15(18)9-13/h3-9,16H,10H2,1-2H3. The van der Waals surface area contributed by atoms with E-state index in [1.54, 1.807) is 12.1 Å². The van der Waals surface area contributed by atoms with E-state index in [-0.39, 0.29) is 10.6 Å². The van der Waals surface area contributed by atoms with E-state index in [0.717, 1.165) is 12.0 Å². The van der Waals surface area contributed by atoms with Crippen molar-refractivity contribution in [2.24, 2.45) is 0 Å². The lowest BCUT2D eigenvalue weighted by Crippen LogP contribution is -1.98. The summed E-state index contributed by atoms with van der Waals surface area (Å²) in [6.45, 7) is 4.20. The van der Waals surface area contributed by atoms with Crippen LogP contribution in [-0.4, -0.2) is 0 Å². The first-order chi connectivity index (χ1) is 8.56. The molecule has 0 aliphatic carbocycles. The lowest BCUT2D eigenvalue weighted by Gasteiger charge is -2.13. The highest BCUT2D eigenvalue weighted by molar-refractivity contribution is 9.09. The van der Waals surface area contributed by atoms with Gasteiger partial charge in [-0.05, 0) is 49.1 Å². The summed E-state index contributed by atoms with van der Waals surface area (Å²) in [7, 11) is 0. The first kappa shape index (κ1) is 13.3. The molecule has 1 unspecified atom stereocenters. The number of halogens is 2. The minimum atomic E-state index is -0.182. The molecule has 2 heteroatoms. The zero-order valence-electron chi connectivity index (χ0n) is 10.6. The molecule has 94 valence electrons. The lowest BCUT2D eigenvalue weighted by atomic mass is 9.98. The molecule has 0 N–H and O–H groups in total. The second-order valence-electron chi connectivity index (χ2n) is 4.66. The van der Waals surface area contributed by atoms with Gasteiger partial charge in [-0.3, -0.25) is 0 Å². The van der Waals surface area contributed by atoms with Crippen LogP contribution in [0.4, 0.5) is 4.39 Å². The normalized spacial score (nSPS) is 12.4. The summed E-state index contributed by atoms with van der Waals surface area (Å²) in [5.41, 5.74) is 4.83. The molecule has 0 radical (unpaired) electrons. The van der Waals surface area contributed by atoms with Gasteiger partial charge in [-0.2, -0.15) is 0 Å². The third-order valence-corrected chi connectivity index (χ3v) is 3.97. The van der Waals surface area contributed by atoms with Gasteiger partial charge in [0.15, 0.2) is 0 Å². The van der Waals surface area contributed by atoms with E-state index >= 15 is 0 Å². The van der Waals surface area contributed by atoms with Gasteiger partial charge >= 0.3 is 0 Å². The van der Waals surface area contributed by atoms with Gasteiger partial charge in [-0.25, -0.2) is 4.39 Å². The average Bonchev–Trinajstić information content (AvgIpc) is 2.34. The Hall–Kier alpha value is -1.15. The zero-order valence-corrected chi connectivity index (χ0v) is 12.2. The van der Waals surface area contributed by atoms with Crippen LogP contribution in [0.5, 0.6) is 0 Å². The van der Waals surface area contributed by atoms with Gasteiger partial charge in [-0.15, -0.1) is 0 Å². The van der Waals surface area contributed by atoms with Crippen LogP contribution in [0.2, 0.25) is 0 Å². The predicted molar refractivity (Wildman–Crippen MR) is 77.7 cm³/mol. The Morgan fingerprint density at radius 3 is 2.61 bits per heavy atom. The zero-order chi connectivity index (χ0) is 13.1. The monoisotopic (exact) mass is 306 g/mol. The topological polar surface area (TPSA) is 0 Å². The van der Waals surface area contributed by atoms with Crippen LogP contribution < -0.4 is 0 Å². The van der Waals surface area contributed by atoms with Gasteiger partial charge in [-0.1, -0.05) is 51.8 Å². The third kappa shape index (κ3) is 3.20. The number of benzene rings is 2. The Bertz CT molecular complexity index is 549. The molecule has 0 aliphatic rings. The van der Waals surface area contributed by atoms with Crippen LogP contribution in [0.1, 0.15) is 27.1 Å². The molecular formula is C16H16BrF. The van der Waals surface area contributed by atoms with Gasteiger partial charge in [0.25, 0.3) is 0 Å².